The van der Waals surface area contributed by atoms with E-state index < -0.39 is 10.0 Å². The number of hydrogen-bond acceptors (Lipinski definition) is 2. The third kappa shape index (κ3) is 3.44. The van der Waals surface area contributed by atoms with E-state index in [4.69, 9.17) is 0 Å². The number of nitrogens with zero attached hydrogens (tertiary/aromatic N) is 1. The fourth-order valence-corrected chi connectivity index (χ4v) is 5.18. The molecule has 0 heterocycles. The van der Waals surface area contributed by atoms with Crippen molar-refractivity contribution in [2.24, 2.45) is 0 Å². The highest BCUT2D eigenvalue weighted by Gasteiger charge is 2.33. The maximum Gasteiger partial charge on any atom is 0.217 e. The van der Waals surface area contributed by atoms with Crippen LogP contribution in [0.25, 0.3) is 0 Å². The summed E-state index contributed by atoms with van der Waals surface area (Å²) >= 11 is 3.33. The largest absolute Gasteiger partial charge is 0.217 e. The van der Waals surface area contributed by atoms with Crippen LogP contribution in [0.15, 0.2) is 0 Å². The third-order valence-corrected chi connectivity index (χ3v) is 6.11. The Balaban J connectivity index is 2.79. The highest BCUT2D eigenvalue weighted by molar-refractivity contribution is 9.09. The number of sulfonamides is 1. The molecule has 0 radical (unpaired) electrons. The SMILES string of the molecule is CC(C)N(CCBr)S(=O)(=O)C1CCCCC1. The lowest BCUT2D eigenvalue weighted by atomic mass is 10.0. The monoisotopic (exact) mass is 311 g/mol. The number of alkyl halides is 1. The minimum Gasteiger partial charge on any atom is -0.212 e. The van der Waals surface area contributed by atoms with Gasteiger partial charge in [-0.3, -0.25) is 0 Å². The summed E-state index contributed by atoms with van der Waals surface area (Å²) in [7, 11) is -3.08. The molecule has 1 rings (SSSR count). The first-order valence-electron chi connectivity index (χ1n) is 6.06. The molecule has 0 bridgehead atoms. The quantitative estimate of drug-likeness (QED) is 0.732. The van der Waals surface area contributed by atoms with E-state index in [-0.39, 0.29) is 11.3 Å². The van der Waals surface area contributed by atoms with Crippen molar-refractivity contribution in [1.29, 1.82) is 0 Å². The highest BCUT2D eigenvalue weighted by atomic mass is 79.9. The zero-order valence-electron chi connectivity index (χ0n) is 10.2. The maximum atomic E-state index is 12.4. The Morgan fingerprint density at radius 3 is 2.25 bits per heavy atom. The van der Waals surface area contributed by atoms with Crippen LogP contribution in [0.1, 0.15) is 46.0 Å². The Hall–Kier alpha value is 0.390. The van der Waals surface area contributed by atoms with E-state index in [0.717, 1.165) is 25.7 Å². The van der Waals surface area contributed by atoms with Gasteiger partial charge in [-0.25, -0.2) is 8.42 Å². The molecule has 5 heteroatoms. The van der Waals surface area contributed by atoms with E-state index in [1.807, 2.05) is 13.8 Å². The number of hydrogen-bond donors (Lipinski definition) is 0. The summed E-state index contributed by atoms with van der Waals surface area (Å²) in [5.74, 6) is 0. The maximum absolute atomic E-state index is 12.4. The van der Waals surface area contributed by atoms with E-state index in [9.17, 15) is 8.42 Å². The van der Waals surface area contributed by atoms with Gasteiger partial charge in [0.2, 0.25) is 10.0 Å². The summed E-state index contributed by atoms with van der Waals surface area (Å²) < 4.78 is 26.5. The molecule has 1 aliphatic rings. The van der Waals surface area contributed by atoms with Gasteiger partial charge in [0, 0.05) is 17.9 Å². The number of rotatable bonds is 5. The summed E-state index contributed by atoms with van der Waals surface area (Å²) in [4.78, 5) is 0. The lowest BCUT2D eigenvalue weighted by molar-refractivity contribution is 0.355. The number of halogens is 1. The third-order valence-electron chi connectivity index (χ3n) is 3.18. The lowest BCUT2D eigenvalue weighted by Crippen LogP contribution is -2.44. The van der Waals surface area contributed by atoms with E-state index in [0.29, 0.717) is 11.9 Å². The van der Waals surface area contributed by atoms with Crippen molar-refractivity contribution < 1.29 is 8.42 Å². The molecule has 0 spiro atoms. The zero-order valence-corrected chi connectivity index (χ0v) is 12.6. The van der Waals surface area contributed by atoms with E-state index in [1.165, 1.54) is 6.42 Å². The molecule has 0 aromatic heterocycles. The van der Waals surface area contributed by atoms with Crippen molar-refractivity contribution in [2.45, 2.75) is 57.2 Å². The molecule has 0 aliphatic heterocycles. The molecule has 96 valence electrons. The van der Waals surface area contributed by atoms with Gasteiger partial charge in [0.25, 0.3) is 0 Å². The van der Waals surface area contributed by atoms with E-state index in [2.05, 4.69) is 15.9 Å². The highest BCUT2D eigenvalue weighted by Crippen LogP contribution is 2.27. The molecule has 3 nitrogen and oxygen atoms in total. The first-order valence-corrected chi connectivity index (χ1v) is 8.69. The van der Waals surface area contributed by atoms with Gasteiger partial charge >= 0.3 is 0 Å². The summed E-state index contributed by atoms with van der Waals surface area (Å²) in [6.07, 6.45) is 4.99. The van der Waals surface area contributed by atoms with Gasteiger partial charge in [-0.15, -0.1) is 0 Å². The van der Waals surface area contributed by atoms with Crippen molar-refractivity contribution in [3.8, 4) is 0 Å². The molecule has 1 fully saturated rings. The van der Waals surface area contributed by atoms with Crippen LogP contribution in [0.4, 0.5) is 0 Å². The van der Waals surface area contributed by atoms with Gasteiger partial charge in [-0.1, -0.05) is 35.2 Å². The Morgan fingerprint density at radius 2 is 1.81 bits per heavy atom. The van der Waals surface area contributed by atoms with Crippen LogP contribution >= 0.6 is 15.9 Å². The van der Waals surface area contributed by atoms with Crippen LogP contribution in [-0.2, 0) is 10.0 Å². The molecule has 1 aliphatic carbocycles. The van der Waals surface area contributed by atoms with Gasteiger partial charge < -0.3 is 0 Å². The minimum atomic E-state index is -3.08. The fraction of sp³-hybridized carbons (Fsp3) is 1.00. The van der Waals surface area contributed by atoms with E-state index in [1.54, 1.807) is 4.31 Å². The zero-order chi connectivity index (χ0) is 12.2. The molecule has 0 atom stereocenters. The first kappa shape index (κ1) is 14.5. The summed E-state index contributed by atoms with van der Waals surface area (Å²) in [6.45, 7) is 4.47. The summed E-state index contributed by atoms with van der Waals surface area (Å²) in [6, 6.07) is 0.0597. The Morgan fingerprint density at radius 1 is 1.25 bits per heavy atom. The van der Waals surface area contributed by atoms with Crippen molar-refractivity contribution >= 4 is 26.0 Å². The van der Waals surface area contributed by atoms with Crippen LogP contribution in [0.3, 0.4) is 0 Å². The Labute approximate surface area is 108 Å². The van der Waals surface area contributed by atoms with Gasteiger partial charge in [0.05, 0.1) is 5.25 Å². The average Bonchev–Trinajstić information content (AvgIpc) is 2.26. The van der Waals surface area contributed by atoms with Crippen LogP contribution in [0.2, 0.25) is 0 Å². The van der Waals surface area contributed by atoms with Gasteiger partial charge in [-0.2, -0.15) is 4.31 Å². The second-order valence-electron chi connectivity index (χ2n) is 4.70. The first-order chi connectivity index (χ1) is 7.50. The second-order valence-corrected chi connectivity index (χ2v) is 7.66. The molecular formula is C11H22BrNO2S. The van der Waals surface area contributed by atoms with Crippen molar-refractivity contribution in [1.82, 2.24) is 4.31 Å². The predicted octanol–water partition coefficient (Wildman–Crippen LogP) is 2.75. The summed E-state index contributed by atoms with van der Waals surface area (Å²) in [5, 5.41) is 0.569. The standard InChI is InChI=1S/C11H22BrNO2S/c1-10(2)13(9-8-12)16(14,15)11-6-4-3-5-7-11/h10-11H,3-9H2,1-2H3. The fourth-order valence-electron chi connectivity index (χ4n) is 2.32. The van der Waals surface area contributed by atoms with Gasteiger partial charge in [0.15, 0.2) is 0 Å². The molecule has 0 amide bonds. The Kier molecular flexibility index (Phi) is 5.74. The van der Waals surface area contributed by atoms with Crippen molar-refractivity contribution in [2.75, 3.05) is 11.9 Å². The Bertz CT molecular complexity index is 297. The molecule has 0 unspecified atom stereocenters. The molecule has 0 aromatic carbocycles. The summed E-state index contributed by atoms with van der Waals surface area (Å²) in [5.41, 5.74) is 0. The predicted molar refractivity (Wildman–Crippen MR) is 71.4 cm³/mol. The van der Waals surface area contributed by atoms with Gasteiger partial charge in [0.1, 0.15) is 0 Å². The molecular weight excluding hydrogens is 290 g/mol. The average molecular weight is 312 g/mol. The van der Waals surface area contributed by atoms with Crippen molar-refractivity contribution in [3.63, 3.8) is 0 Å². The normalized spacial score (nSPS) is 19.6. The van der Waals surface area contributed by atoms with E-state index >= 15 is 0 Å². The van der Waals surface area contributed by atoms with Crippen LogP contribution < -0.4 is 0 Å². The minimum absolute atomic E-state index is 0.0597. The second kappa shape index (κ2) is 6.36. The van der Waals surface area contributed by atoms with Crippen LogP contribution in [0.5, 0.6) is 0 Å². The topological polar surface area (TPSA) is 37.4 Å². The lowest BCUT2D eigenvalue weighted by Gasteiger charge is -2.31. The molecule has 0 saturated heterocycles. The molecule has 16 heavy (non-hydrogen) atoms. The molecule has 0 N–H and O–H groups in total. The van der Waals surface area contributed by atoms with Crippen LogP contribution in [-0.4, -0.2) is 35.9 Å². The van der Waals surface area contributed by atoms with Crippen LogP contribution in [0, 0.1) is 0 Å². The van der Waals surface area contributed by atoms with Gasteiger partial charge in [-0.05, 0) is 26.7 Å². The van der Waals surface area contributed by atoms with Crippen molar-refractivity contribution in [3.05, 3.63) is 0 Å². The smallest absolute Gasteiger partial charge is 0.212 e. The molecule has 0 aromatic rings. The molecule has 1 saturated carbocycles.